The normalized spacial score (nSPS) is 12.4. The van der Waals surface area contributed by atoms with Gasteiger partial charge in [-0.25, -0.2) is 0 Å². The average molecular weight is 280 g/mol. The monoisotopic (exact) mass is 280 g/mol. The summed E-state index contributed by atoms with van der Waals surface area (Å²) < 4.78 is 5.59. The Kier molecular flexibility index (Phi) is 6.45. The summed E-state index contributed by atoms with van der Waals surface area (Å²) in [5.74, 6) is 0.898. The minimum Gasteiger partial charge on any atom is -0.484 e. The van der Waals surface area contributed by atoms with Crippen LogP contribution in [0, 0.1) is 16.0 Å². The second-order valence-electron chi connectivity index (χ2n) is 5.42. The Morgan fingerprint density at radius 2 is 2.05 bits per heavy atom. The van der Waals surface area contributed by atoms with E-state index >= 15 is 0 Å². The summed E-state index contributed by atoms with van der Waals surface area (Å²) in [4.78, 5) is 10.7. The highest BCUT2D eigenvalue weighted by Gasteiger charge is 2.17. The van der Waals surface area contributed by atoms with Gasteiger partial charge in [0.1, 0.15) is 0 Å². The molecule has 0 fully saturated rings. The van der Waals surface area contributed by atoms with E-state index in [-0.39, 0.29) is 16.7 Å². The molecule has 0 heterocycles. The predicted octanol–water partition coefficient (Wildman–Crippen LogP) is 3.52. The molecule has 20 heavy (non-hydrogen) atoms. The van der Waals surface area contributed by atoms with E-state index in [0.29, 0.717) is 18.2 Å². The topological polar surface area (TPSA) is 64.4 Å². The van der Waals surface area contributed by atoms with Crippen LogP contribution >= 0.6 is 0 Å². The maximum Gasteiger partial charge on any atom is 0.311 e. The van der Waals surface area contributed by atoms with Crippen molar-refractivity contribution in [3.8, 4) is 5.75 Å². The van der Waals surface area contributed by atoms with Gasteiger partial charge in [0.05, 0.1) is 11.0 Å². The minimum atomic E-state index is -0.385. The van der Waals surface area contributed by atoms with E-state index in [0.717, 1.165) is 18.5 Å². The molecule has 5 nitrogen and oxygen atoms in total. The molecular formula is C15H24N2O3. The van der Waals surface area contributed by atoms with Gasteiger partial charge in [-0.1, -0.05) is 26.8 Å². The molecule has 1 unspecified atom stereocenters. The van der Waals surface area contributed by atoms with Crippen LogP contribution in [0.3, 0.4) is 0 Å². The summed E-state index contributed by atoms with van der Waals surface area (Å²) in [6.07, 6.45) is 0.785. The van der Waals surface area contributed by atoms with Crippen molar-refractivity contribution in [1.29, 1.82) is 0 Å². The van der Waals surface area contributed by atoms with Gasteiger partial charge in [0.2, 0.25) is 0 Å². The van der Waals surface area contributed by atoms with Gasteiger partial charge in [-0.05, 0) is 37.4 Å². The molecular weight excluding hydrogens is 256 g/mol. The quantitative estimate of drug-likeness (QED) is 0.584. The number of hydrogen-bond acceptors (Lipinski definition) is 4. The van der Waals surface area contributed by atoms with E-state index in [2.05, 4.69) is 19.2 Å². The van der Waals surface area contributed by atoms with Crippen molar-refractivity contribution in [2.45, 2.75) is 46.8 Å². The van der Waals surface area contributed by atoms with Gasteiger partial charge >= 0.3 is 5.69 Å². The highest BCUT2D eigenvalue weighted by atomic mass is 16.6. The first kappa shape index (κ1) is 16.4. The fraction of sp³-hybridized carbons (Fsp3) is 0.600. The Morgan fingerprint density at radius 3 is 2.60 bits per heavy atom. The van der Waals surface area contributed by atoms with Crippen LogP contribution in [0.1, 0.15) is 39.7 Å². The summed E-state index contributed by atoms with van der Waals surface area (Å²) in [6, 6.07) is 5.15. The van der Waals surface area contributed by atoms with Crippen LogP contribution in [0.25, 0.3) is 0 Å². The summed E-state index contributed by atoms with van der Waals surface area (Å²) in [5.41, 5.74) is 0.933. The van der Waals surface area contributed by atoms with Crippen LogP contribution in [-0.4, -0.2) is 17.6 Å². The number of nitrogens with zero attached hydrogens (tertiary/aromatic N) is 1. The summed E-state index contributed by atoms with van der Waals surface area (Å²) >= 11 is 0. The van der Waals surface area contributed by atoms with Crippen LogP contribution in [0.15, 0.2) is 18.2 Å². The zero-order chi connectivity index (χ0) is 15.1. The van der Waals surface area contributed by atoms with Gasteiger partial charge in [0.25, 0.3) is 0 Å². The first-order valence-electron chi connectivity index (χ1n) is 7.08. The standard InChI is InChI=1S/C15H24N2O3/c1-5-12(4)20-15-7-6-13(8-14(15)17(18)19)10-16-9-11(2)3/h6-8,11-12,16H,5,9-10H2,1-4H3. The lowest BCUT2D eigenvalue weighted by atomic mass is 10.1. The zero-order valence-corrected chi connectivity index (χ0v) is 12.7. The van der Waals surface area contributed by atoms with E-state index < -0.39 is 0 Å². The van der Waals surface area contributed by atoms with Crippen LogP contribution in [0.2, 0.25) is 0 Å². The highest BCUT2D eigenvalue weighted by Crippen LogP contribution is 2.29. The number of rotatable bonds is 8. The summed E-state index contributed by atoms with van der Waals surface area (Å²) in [6.45, 7) is 9.65. The summed E-state index contributed by atoms with van der Waals surface area (Å²) in [7, 11) is 0. The molecule has 1 aromatic carbocycles. The third-order valence-corrected chi connectivity index (χ3v) is 3.00. The largest absolute Gasteiger partial charge is 0.484 e. The molecule has 0 spiro atoms. The lowest BCUT2D eigenvalue weighted by molar-refractivity contribution is -0.386. The molecule has 0 aromatic heterocycles. The smallest absolute Gasteiger partial charge is 0.311 e. The third-order valence-electron chi connectivity index (χ3n) is 3.00. The lowest BCUT2D eigenvalue weighted by Gasteiger charge is -2.13. The van der Waals surface area contributed by atoms with Crippen LogP contribution in [-0.2, 0) is 6.54 Å². The Morgan fingerprint density at radius 1 is 1.35 bits per heavy atom. The molecule has 1 atom stereocenters. The van der Waals surface area contributed by atoms with Crippen molar-refractivity contribution >= 4 is 5.69 Å². The molecule has 112 valence electrons. The van der Waals surface area contributed by atoms with Crippen molar-refractivity contribution in [3.05, 3.63) is 33.9 Å². The highest BCUT2D eigenvalue weighted by molar-refractivity contribution is 5.48. The Balaban J connectivity index is 2.81. The van der Waals surface area contributed by atoms with Crippen LogP contribution < -0.4 is 10.1 Å². The molecule has 0 saturated heterocycles. The molecule has 0 bridgehead atoms. The van der Waals surface area contributed by atoms with Crippen molar-refractivity contribution in [1.82, 2.24) is 5.32 Å². The Hall–Kier alpha value is -1.62. The second-order valence-corrected chi connectivity index (χ2v) is 5.42. The molecule has 5 heteroatoms. The number of nitro groups is 1. The Labute approximate surface area is 120 Å². The van der Waals surface area contributed by atoms with Crippen molar-refractivity contribution in [3.63, 3.8) is 0 Å². The van der Waals surface area contributed by atoms with Gasteiger partial charge in [0, 0.05) is 12.6 Å². The molecule has 1 aromatic rings. The SMILES string of the molecule is CCC(C)Oc1ccc(CNCC(C)C)cc1[N+](=O)[O-]. The fourth-order valence-corrected chi connectivity index (χ4v) is 1.72. The van der Waals surface area contributed by atoms with Crippen LogP contribution in [0.5, 0.6) is 5.75 Å². The number of benzene rings is 1. The van der Waals surface area contributed by atoms with Crippen molar-refractivity contribution in [2.24, 2.45) is 5.92 Å². The number of nitrogens with one attached hydrogen (secondary N) is 1. The van der Waals surface area contributed by atoms with Gasteiger partial charge in [-0.2, -0.15) is 0 Å². The van der Waals surface area contributed by atoms with E-state index in [1.54, 1.807) is 12.1 Å². The summed E-state index contributed by atoms with van der Waals surface area (Å²) in [5, 5.41) is 14.4. The second kappa shape index (κ2) is 7.85. The average Bonchev–Trinajstić information content (AvgIpc) is 2.39. The number of hydrogen-bond donors (Lipinski definition) is 1. The first-order valence-corrected chi connectivity index (χ1v) is 7.08. The molecule has 0 aliphatic rings. The molecule has 1 rings (SSSR count). The number of ether oxygens (including phenoxy) is 1. The third kappa shape index (κ3) is 5.17. The lowest BCUT2D eigenvalue weighted by Crippen LogP contribution is -2.19. The van der Waals surface area contributed by atoms with Gasteiger partial charge in [0.15, 0.2) is 5.75 Å². The van der Waals surface area contributed by atoms with Gasteiger partial charge in [-0.15, -0.1) is 0 Å². The van der Waals surface area contributed by atoms with E-state index in [9.17, 15) is 10.1 Å². The Bertz CT molecular complexity index is 447. The van der Waals surface area contributed by atoms with E-state index in [4.69, 9.17) is 4.74 Å². The van der Waals surface area contributed by atoms with E-state index in [1.165, 1.54) is 0 Å². The molecule has 0 saturated carbocycles. The maximum atomic E-state index is 11.1. The van der Waals surface area contributed by atoms with Gasteiger partial charge < -0.3 is 10.1 Å². The van der Waals surface area contributed by atoms with E-state index in [1.807, 2.05) is 19.9 Å². The molecule has 1 N–H and O–H groups in total. The van der Waals surface area contributed by atoms with Crippen LogP contribution in [0.4, 0.5) is 5.69 Å². The fourth-order valence-electron chi connectivity index (χ4n) is 1.72. The molecule has 0 aliphatic heterocycles. The predicted molar refractivity (Wildman–Crippen MR) is 80.0 cm³/mol. The van der Waals surface area contributed by atoms with Crippen molar-refractivity contribution in [2.75, 3.05) is 6.54 Å². The molecule has 0 amide bonds. The first-order chi connectivity index (χ1) is 9.43. The number of nitro benzene ring substituents is 1. The minimum absolute atomic E-state index is 0.0291. The maximum absolute atomic E-state index is 11.1. The van der Waals surface area contributed by atoms with Gasteiger partial charge in [-0.3, -0.25) is 10.1 Å². The molecule has 0 aliphatic carbocycles. The zero-order valence-electron chi connectivity index (χ0n) is 12.7. The van der Waals surface area contributed by atoms with Crippen molar-refractivity contribution < 1.29 is 9.66 Å². The molecule has 0 radical (unpaired) electrons.